The zero-order chi connectivity index (χ0) is 33.6. The first-order valence-electron chi connectivity index (χ1n) is 14.6. The third-order valence-electron chi connectivity index (χ3n) is 6.82. The van der Waals surface area contributed by atoms with E-state index in [2.05, 4.69) is 15.8 Å². The number of carbonyl (C=O) groups is 3. The van der Waals surface area contributed by atoms with E-state index in [1.54, 1.807) is 32.9 Å². The summed E-state index contributed by atoms with van der Waals surface area (Å²) in [6.07, 6.45) is -2.53. The summed E-state index contributed by atoms with van der Waals surface area (Å²) in [5.74, 6) is -1.49. The molecule has 2 N–H and O–H groups in total. The van der Waals surface area contributed by atoms with Crippen LogP contribution >= 0.6 is 0 Å². The first-order valence-corrected chi connectivity index (χ1v) is 14.6. The molecule has 0 spiro atoms. The van der Waals surface area contributed by atoms with Crippen LogP contribution in [-0.4, -0.2) is 55.5 Å². The fraction of sp³-hybridized carbons (Fsp3) is 0.438. The number of alkyl halides is 3. The second kappa shape index (κ2) is 14.3. The number of ether oxygens (including phenoxy) is 3. The lowest BCUT2D eigenvalue weighted by atomic mass is 10.0. The van der Waals surface area contributed by atoms with Gasteiger partial charge in [0, 0.05) is 37.4 Å². The number of benzene rings is 2. The van der Waals surface area contributed by atoms with Crippen molar-refractivity contribution in [1.82, 2.24) is 5.16 Å². The molecule has 11 nitrogen and oxygen atoms in total. The Kier molecular flexibility index (Phi) is 10.7. The molecule has 1 fully saturated rings. The summed E-state index contributed by atoms with van der Waals surface area (Å²) in [5, 5.41) is 8.80. The van der Waals surface area contributed by atoms with Crippen molar-refractivity contribution in [3.05, 3.63) is 59.4 Å². The van der Waals surface area contributed by atoms with Gasteiger partial charge in [0.15, 0.2) is 12.1 Å². The van der Waals surface area contributed by atoms with Crippen LogP contribution in [0.4, 0.5) is 35.0 Å². The highest BCUT2D eigenvalue weighted by atomic mass is 19.4. The number of aromatic nitrogens is 1. The van der Waals surface area contributed by atoms with Crippen LogP contribution in [0.25, 0.3) is 11.3 Å². The van der Waals surface area contributed by atoms with Gasteiger partial charge in [0.2, 0.25) is 5.91 Å². The van der Waals surface area contributed by atoms with Gasteiger partial charge in [-0.3, -0.25) is 14.9 Å². The Balaban J connectivity index is 1.52. The number of halogens is 3. The number of Topliss-reactive ketones (excluding diaryl/α,β-unsaturated/α-hetero) is 1. The molecule has 14 heteroatoms. The van der Waals surface area contributed by atoms with Crippen molar-refractivity contribution in [2.75, 3.05) is 36.2 Å². The van der Waals surface area contributed by atoms with Crippen LogP contribution in [0, 0.1) is 0 Å². The van der Waals surface area contributed by atoms with Crippen molar-refractivity contribution >= 4 is 34.8 Å². The van der Waals surface area contributed by atoms with Gasteiger partial charge in [-0.1, -0.05) is 23.4 Å². The van der Waals surface area contributed by atoms with Gasteiger partial charge in [0.1, 0.15) is 17.6 Å². The molecule has 2 aromatic carbocycles. The monoisotopic (exact) mass is 646 g/mol. The van der Waals surface area contributed by atoms with Crippen molar-refractivity contribution in [1.29, 1.82) is 0 Å². The average molecular weight is 647 g/mol. The van der Waals surface area contributed by atoms with Crippen molar-refractivity contribution in [2.24, 2.45) is 0 Å². The Bertz CT molecular complexity index is 1560. The van der Waals surface area contributed by atoms with E-state index < -0.39 is 41.5 Å². The molecule has 2 heterocycles. The van der Waals surface area contributed by atoms with Crippen LogP contribution in [-0.2, 0) is 31.8 Å². The van der Waals surface area contributed by atoms with Crippen LogP contribution in [0.2, 0.25) is 0 Å². The molecular weight excluding hydrogens is 609 g/mol. The Hall–Kier alpha value is -4.43. The van der Waals surface area contributed by atoms with Crippen molar-refractivity contribution in [3.8, 4) is 11.3 Å². The predicted octanol–water partition coefficient (Wildman–Crippen LogP) is 7.03. The molecule has 0 bridgehead atoms. The van der Waals surface area contributed by atoms with Crippen LogP contribution in [0.1, 0.15) is 67.9 Å². The fourth-order valence-electron chi connectivity index (χ4n) is 4.71. The van der Waals surface area contributed by atoms with Gasteiger partial charge < -0.3 is 29.0 Å². The largest absolute Gasteiger partial charge is 0.444 e. The number of nitrogens with one attached hydrogen (secondary N) is 2. The van der Waals surface area contributed by atoms with Crippen LogP contribution in [0.3, 0.4) is 0 Å². The number of hydrogen-bond acceptors (Lipinski definition) is 9. The summed E-state index contributed by atoms with van der Waals surface area (Å²) in [4.78, 5) is 39.9. The molecular formula is C32H37F3N4O7. The normalized spacial score (nSPS) is 15.3. The second-order valence-corrected chi connectivity index (χ2v) is 12.0. The minimum Gasteiger partial charge on any atom is -0.444 e. The maximum absolute atomic E-state index is 14.0. The Labute approximate surface area is 264 Å². The van der Waals surface area contributed by atoms with Gasteiger partial charge in [-0.15, -0.1) is 0 Å². The molecule has 1 unspecified atom stereocenters. The molecule has 0 saturated carbocycles. The lowest BCUT2D eigenvalue weighted by Crippen LogP contribution is -2.28. The van der Waals surface area contributed by atoms with E-state index in [4.69, 9.17) is 18.7 Å². The SMILES string of the molecule is CN(C)c1cc(NC(=O)OC(C)(C)C)c(NC(=O)CC(=O)c2cccc(-c3nocc3COC3CCCCO3)c2)cc1C(F)(F)F. The van der Waals surface area contributed by atoms with E-state index in [-0.39, 0.29) is 35.5 Å². The third kappa shape index (κ3) is 9.30. The van der Waals surface area contributed by atoms with Crippen molar-refractivity contribution in [2.45, 2.75) is 71.1 Å². The first kappa shape index (κ1) is 34.4. The number of rotatable bonds is 10. The summed E-state index contributed by atoms with van der Waals surface area (Å²) >= 11 is 0. The molecule has 248 valence electrons. The lowest BCUT2D eigenvalue weighted by Gasteiger charge is -2.24. The second-order valence-electron chi connectivity index (χ2n) is 12.0. The smallest absolute Gasteiger partial charge is 0.418 e. The lowest BCUT2D eigenvalue weighted by molar-refractivity contribution is -0.168. The Morgan fingerprint density at radius 1 is 1.04 bits per heavy atom. The molecule has 3 aromatic rings. The van der Waals surface area contributed by atoms with Crippen molar-refractivity contribution < 1.29 is 46.3 Å². The van der Waals surface area contributed by atoms with Crippen LogP contribution in [0.5, 0.6) is 0 Å². The number of hydrogen-bond donors (Lipinski definition) is 2. The molecule has 0 radical (unpaired) electrons. The standard InChI is InChI=1S/C32H37F3N4O7/c1-31(2,3)46-30(42)37-24-15-25(39(4)5)22(32(33,34)35)14-23(24)36-27(41)16-26(40)19-9-8-10-20(13-19)29-21(18-45-38-29)17-44-28-11-6-7-12-43-28/h8-10,13-15,18,28H,6-7,11-12,16-17H2,1-5H3,(H,36,41)(H,37,42). The van der Waals surface area contributed by atoms with Gasteiger partial charge in [0.05, 0.1) is 35.7 Å². The van der Waals surface area contributed by atoms with E-state index >= 15 is 0 Å². The molecule has 46 heavy (non-hydrogen) atoms. The maximum atomic E-state index is 14.0. The van der Waals surface area contributed by atoms with Gasteiger partial charge >= 0.3 is 12.3 Å². The summed E-state index contributed by atoms with van der Waals surface area (Å²) in [6.45, 7) is 5.67. The van der Waals surface area contributed by atoms with Crippen molar-refractivity contribution in [3.63, 3.8) is 0 Å². The van der Waals surface area contributed by atoms with E-state index in [1.165, 1.54) is 37.4 Å². The Morgan fingerprint density at radius 3 is 2.43 bits per heavy atom. The van der Waals surface area contributed by atoms with Gasteiger partial charge in [-0.25, -0.2) is 4.79 Å². The molecule has 0 aliphatic carbocycles. The third-order valence-corrected chi connectivity index (χ3v) is 6.82. The quantitative estimate of drug-likeness (QED) is 0.176. The summed E-state index contributed by atoms with van der Waals surface area (Å²) in [6, 6.07) is 8.16. The molecule has 1 aromatic heterocycles. The molecule has 2 amide bonds. The molecule has 1 saturated heterocycles. The van der Waals surface area contributed by atoms with E-state index in [0.717, 1.165) is 25.3 Å². The zero-order valence-corrected chi connectivity index (χ0v) is 26.2. The summed E-state index contributed by atoms with van der Waals surface area (Å²) < 4.78 is 63.7. The minimum atomic E-state index is -4.78. The zero-order valence-electron chi connectivity index (χ0n) is 26.2. The average Bonchev–Trinajstić information content (AvgIpc) is 3.44. The predicted molar refractivity (Wildman–Crippen MR) is 164 cm³/mol. The van der Waals surface area contributed by atoms with Gasteiger partial charge in [-0.05, 0) is 58.2 Å². The first-order chi connectivity index (χ1) is 21.6. The maximum Gasteiger partial charge on any atom is 0.418 e. The van der Waals surface area contributed by atoms with Crippen LogP contribution in [0.15, 0.2) is 47.2 Å². The number of amides is 2. The Morgan fingerprint density at radius 2 is 1.78 bits per heavy atom. The van der Waals surface area contributed by atoms with E-state index in [1.807, 2.05) is 0 Å². The number of ketones is 1. The number of carbonyl (C=O) groups excluding carboxylic acids is 3. The summed E-state index contributed by atoms with van der Waals surface area (Å²) in [5.41, 5.74) is -0.897. The molecule has 1 aliphatic rings. The summed E-state index contributed by atoms with van der Waals surface area (Å²) in [7, 11) is 2.82. The number of anilines is 3. The highest BCUT2D eigenvalue weighted by Crippen LogP contribution is 2.41. The van der Waals surface area contributed by atoms with Crippen LogP contribution < -0.4 is 15.5 Å². The number of nitrogens with zero attached hydrogens (tertiary/aromatic N) is 2. The van der Waals surface area contributed by atoms with Gasteiger partial charge in [-0.2, -0.15) is 13.2 Å². The molecule has 4 rings (SSSR count). The molecule has 1 aliphatic heterocycles. The van der Waals surface area contributed by atoms with Gasteiger partial charge in [0.25, 0.3) is 0 Å². The van der Waals surface area contributed by atoms with E-state index in [9.17, 15) is 27.6 Å². The topological polar surface area (TPSA) is 132 Å². The van der Waals surface area contributed by atoms with E-state index in [0.29, 0.717) is 29.5 Å². The highest BCUT2D eigenvalue weighted by Gasteiger charge is 2.36. The highest BCUT2D eigenvalue weighted by molar-refractivity contribution is 6.12. The molecule has 1 atom stereocenters. The fourth-order valence-corrected chi connectivity index (χ4v) is 4.71. The minimum absolute atomic E-state index is 0.145.